The zero-order valence-electron chi connectivity index (χ0n) is 14.7. The number of carbonyl (C=O) groups excluding carboxylic acids is 1. The molecule has 0 spiro atoms. The Labute approximate surface area is 157 Å². The first-order valence-electron chi connectivity index (χ1n) is 8.82. The first-order valence-corrected chi connectivity index (χ1v) is 10.5. The third-order valence-electron chi connectivity index (χ3n) is 4.87. The highest BCUT2D eigenvalue weighted by Gasteiger charge is 2.33. The molecule has 2 aromatic carbocycles. The van der Waals surface area contributed by atoms with E-state index in [4.69, 9.17) is 0 Å². The van der Waals surface area contributed by atoms with Crippen molar-refractivity contribution in [1.82, 2.24) is 14.9 Å². The fraction of sp³-hybridized carbons (Fsp3) is 0.250. The molecule has 1 saturated heterocycles. The van der Waals surface area contributed by atoms with Crippen molar-refractivity contribution < 1.29 is 13.2 Å². The highest BCUT2D eigenvalue weighted by molar-refractivity contribution is 7.91. The van der Waals surface area contributed by atoms with Crippen molar-refractivity contribution in [2.24, 2.45) is 0 Å². The summed E-state index contributed by atoms with van der Waals surface area (Å²) in [5, 5.41) is -0.584. The zero-order valence-corrected chi connectivity index (χ0v) is 15.5. The second-order valence-electron chi connectivity index (χ2n) is 6.59. The van der Waals surface area contributed by atoms with Crippen molar-refractivity contribution in [2.45, 2.75) is 11.7 Å². The van der Waals surface area contributed by atoms with Crippen molar-refractivity contribution in [3.8, 4) is 0 Å². The molecule has 0 N–H and O–H groups in total. The molecule has 1 aromatic heterocycles. The molecule has 0 aliphatic carbocycles. The SMILES string of the molecule is O=C(c1cnc2ccccc2n1)N1CCC(c2ccccc2)S(=O)(=O)CC1. The van der Waals surface area contributed by atoms with Crippen molar-refractivity contribution in [3.63, 3.8) is 0 Å². The first-order chi connectivity index (χ1) is 13.0. The molecule has 1 amide bonds. The maximum Gasteiger partial charge on any atom is 0.274 e. The van der Waals surface area contributed by atoms with Crippen molar-refractivity contribution >= 4 is 26.8 Å². The van der Waals surface area contributed by atoms with Gasteiger partial charge in [0.25, 0.3) is 5.91 Å². The van der Waals surface area contributed by atoms with Crippen LogP contribution in [0.15, 0.2) is 60.8 Å². The van der Waals surface area contributed by atoms with Crippen LogP contribution in [-0.4, -0.2) is 48.0 Å². The maximum atomic E-state index is 12.9. The van der Waals surface area contributed by atoms with Gasteiger partial charge in [0.1, 0.15) is 5.69 Å². The molecule has 1 aliphatic rings. The Bertz CT molecular complexity index is 1080. The molecule has 6 nitrogen and oxygen atoms in total. The summed E-state index contributed by atoms with van der Waals surface area (Å²) in [4.78, 5) is 23.1. The third kappa shape index (κ3) is 3.55. The van der Waals surface area contributed by atoms with Crippen LogP contribution in [0.4, 0.5) is 0 Å². The number of amides is 1. The Morgan fingerprint density at radius 3 is 2.44 bits per heavy atom. The molecule has 138 valence electrons. The summed E-state index contributed by atoms with van der Waals surface area (Å²) in [7, 11) is -3.33. The highest BCUT2D eigenvalue weighted by Crippen LogP contribution is 2.29. The number of carbonyl (C=O) groups is 1. The van der Waals surface area contributed by atoms with Gasteiger partial charge in [-0.2, -0.15) is 0 Å². The van der Waals surface area contributed by atoms with E-state index in [0.717, 1.165) is 11.1 Å². The van der Waals surface area contributed by atoms with Gasteiger partial charge < -0.3 is 4.90 Å². The first kappa shape index (κ1) is 17.6. The minimum atomic E-state index is -3.33. The summed E-state index contributed by atoms with van der Waals surface area (Å²) in [6, 6.07) is 16.5. The number of nitrogens with zero attached hydrogens (tertiary/aromatic N) is 3. The van der Waals surface area contributed by atoms with E-state index in [9.17, 15) is 13.2 Å². The summed E-state index contributed by atoms with van der Waals surface area (Å²) in [5.74, 6) is -0.337. The van der Waals surface area contributed by atoms with Gasteiger partial charge in [-0.05, 0) is 24.1 Å². The fourth-order valence-corrected chi connectivity index (χ4v) is 5.21. The Kier molecular flexibility index (Phi) is 4.61. The van der Waals surface area contributed by atoms with Crippen LogP contribution >= 0.6 is 0 Å². The standard InChI is InChI=1S/C20H19N3O3S/c24-20(18-14-21-16-8-4-5-9-17(16)22-18)23-11-10-19(27(25,26)13-12-23)15-6-2-1-3-7-15/h1-9,14,19H,10-13H2. The highest BCUT2D eigenvalue weighted by atomic mass is 32.2. The summed E-state index contributed by atoms with van der Waals surface area (Å²) >= 11 is 0. The minimum Gasteiger partial charge on any atom is -0.336 e. The molecule has 0 saturated carbocycles. The average Bonchev–Trinajstić information content (AvgIpc) is 2.85. The van der Waals surface area contributed by atoms with Gasteiger partial charge in [0.05, 0.1) is 28.2 Å². The Hall–Kier alpha value is -2.80. The fourth-order valence-electron chi connectivity index (χ4n) is 3.41. The van der Waals surface area contributed by atoms with Gasteiger partial charge >= 0.3 is 0 Å². The van der Waals surface area contributed by atoms with E-state index < -0.39 is 15.1 Å². The molecule has 1 unspecified atom stereocenters. The van der Waals surface area contributed by atoms with Gasteiger partial charge in [0.15, 0.2) is 9.84 Å². The molecule has 4 rings (SSSR count). The molecule has 7 heteroatoms. The number of hydrogen-bond acceptors (Lipinski definition) is 5. The van der Waals surface area contributed by atoms with Gasteiger partial charge in [0, 0.05) is 13.1 Å². The van der Waals surface area contributed by atoms with E-state index in [0.29, 0.717) is 18.5 Å². The van der Waals surface area contributed by atoms with Crippen LogP contribution in [0.25, 0.3) is 11.0 Å². The van der Waals surface area contributed by atoms with E-state index in [2.05, 4.69) is 9.97 Å². The van der Waals surface area contributed by atoms with E-state index in [1.165, 1.54) is 6.20 Å². The van der Waals surface area contributed by atoms with Gasteiger partial charge in [-0.25, -0.2) is 13.4 Å². The molecule has 0 radical (unpaired) electrons. The number of benzene rings is 2. The predicted molar refractivity (Wildman–Crippen MR) is 103 cm³/mol. The normalized spacial score (nSPS) is 19.6. The van der Waals surface area contributed by atoms with Crippen LogP contribution < -0.4 is 0 Å². The van der Waals surface area contributed by atoms with E-state index in [1.54, 1.807) is 11.0 Å². The lowest BCUT2D eigenvalue weighted by Gasteiger charge is -2.19. The van der Waals surface area contributed by atoms with Gasteiger partial charge in [-0.15, -0.1) is 0 Å². The summed E-state index contributed by atoms with van der Waals surface area (Å²) in [6.07, 6.45) is 1.83. The van der Waals surface area contributed by atoms with E-state index >= 15 is 0 Å². The molecule has 3 aromatic rings. The number of fused-ring (bicyclic) bond motifs is 1. The van der Waals surface area contributed by atoms with Crippen LogP contribution in [0, 0.1) is 0 Å². The van der Waals surface area contributed by atoms with E-state index in [1.807, 2.05) is 48.5 Å². The summed E-state index contributed by atoms with van der Waals surface area (Å²) in [6.45, 7) is 0.533. The third-order valence-corrected chi connectivity index (χ3v) is 6.99. The summed E-state index contributed by atoms with van der Waals surface area (Å²) in [5.41, 5.74) is 2.38. The lowest BCUT2D eigenvalue weighted by molar-refractivity contribution is 0.0760. The van der Waals surface area contributed by atoms with Gasteiger partial charge in [-0.3, -0.25) is 9.78 Å². The van der Waals surface area contributed by atoms with E-state index in [-0.39, 0.29) is 23.9 Å². The number of hydrogen-bond donors (Lipinski definition) is 0. The minimum absolute atomic E-state index is 0.0562. The molecule has 1 atom stereocenters. The molecule has 27 heavy (non-hydrogen) atoms. The van der Waals surface area contributed by atoms with Crippen LogP contribution in [0.2, 0.25) is 0 Å². The van der Waals surface area contributed by atoms with Crippen LogP contribution in [0.1, 0.15) is 27.7 Å². The van der Waals surface area contributed by atoms with Crippen molar-refractivity contribution in [3.05, 3.63) is 72.1 Å². The quantitative estimate of drug-likeness (QED) is 0.682. The number of sulfone groups is 1. The number of aromatic nitrogens is 2. The topological polar surface area (TPSA) is 80.2 Å². The van der Waals surface area contributed by atoms with Crippen LogP contribution in [-0.2, 0) is 9.84 Å². The second-order valence-corrected chi connectivity index (χ2v) is 8.89. The van der Waals surface area contributed by atoms with Crippen molar-refractivity contribution in [1.29, 1.82) is 0 Å². The largest absolute Gasteiger partial charge is 0.336 e. The Morgan fingerprint density at radius 2 is 1.67 bits per heavy atom. The van der Waals surface area contributed by atoms with Gasteiger partial charge in [-0.1, -0.05) is 42.5 Å². The zero-order chi connectivity index (χ0) is 18.9. The lowest BCUT2D eigenvalue weighted by atomic mass is 10.1. The second kappa shape index (κ2) is 7.08. The lowest BCUT2D eigenvalue weighted by Crippen LogP contribution is -2.34. The monoisotopic (exact) mass is 381 g/mol. The molecular formula is C20H19N3O3S. The smallest absolute Gasteiger partial charge is 0.274 e. The predicted octanol–water partition coefficient (Wildman–Crippen LogP) is 2.63. The summed E-state index contributed by atoms with van der Waals surface area (Å²) < 4.78 is 25.4. The molecular weight excluding hydrogens is 362 g/mol. The molecule has 0 bridgehead atoms. The number of para-hydroxylation sites is 2. The molecule has 1 aliphatic heterocycles. The molecule has 1 fully saturated rings. The Morgan fingerprint density at radius 1 is 0.963 bits per heavy atom. The van der Waals surface area contributed by atoms with Crippen LogP contribution in [0.5, 0.6) is 0 Å². The number of rotatable bonds is 2. The average molecular weight is 381 g/mol. The van der Waals surface area contributed by atoms with Crippen LogP contribution in [0.3, 0.4) is 0 Å². The van der Waals surface area contributed by atoms with Gasteiger partial charge in [0.2, 0.25) is 0 Å². The molecule has 2 heterocycles. The Balaban J connectivity index is 1.58. The maximum absolute atomic E-state index is 12.9. The van der Waals surface area contributed by atoms with Crippen molar-refractivity contribution in [2.75, 3.05) is 18.8 Å².